The molecule has 0 radical (unpaired) electrons. The van der Waals surface area contributed by atoms with Crippen LogP contribution in [0.5, 0.6) is 11.5 Å². The Hall–Kier alpha value is -2.81. The van der Waals surface area contributed by atoms with E-state index >= 15 is 0 Å². The normalized spacial score (nSPS) is 28.6. The van der Waals surface area contributed by atoms with Crippen LogP contribution in [0.25, 0.3) is 0 Å². The van der Waals surface area contributed by atoms with Gasteiger partial charge >= 0.3 is 6.09 Å². The summed E-state index contributed by atoms with van der Waals surface area (Å²) in [7, 11) is 0. The van der Waals surface area contributed by atoms with Crippen molar-refractivity contribution in [2.75, 3.05) is 31.7 Å². The van der Waals surface area contributed by atoms with E-state index in [0.29, 0.717) is 49.8 Å². The quantitative estimate of drug-likeness (QED) is 0.558. The Morgan fingerprint density at radius 3 is 2.47 bits per heavy atom. The number of likely N-dealkylation sites (tertiary alicyclic amines) is 1. The van der Waals surface area contributed by atoms with E-state index in [-0.39, 0.29) is 42.5 Å². The van der Waals surface area contributed by atoms with E-state index in [9.17, 15) is 14.4 Å². The zero-order valence-electron chi connectivity index (χ0n) is 16.5. The van der Waals surface area contributed by atoms with Gasteiger partial charge in [-0.3, -0.25) is 19.8 Å². The highest BCUT2D eigenvalue weighted by atomic mass is 16.6. The maximum absolute atomic E-state index is 12.6. The largest absolute Gasteiger partial charge is 0.486 e. The van der Waals surface area contributed by atoms with Gasteiger partial charge in [-0.15, -0.1) is 0 Å². The average Bonchev–Trinajstić information content (AvgIpc) is 3.43. The van der Waals surface area contributed by atoms with Crippen LogP contribution in [0, 0.1) is 11.8 Å². The summed E-state index contributed by atoms with van der Waals surface area (Å²) in [5, 5.41) is 2.65. The van der Waals surface area contributed by atoms with E-state index in [1.807, 2.05) is 0 Å². The number of imide groups is 1. The van der Waals surface area contributed by atoms with Crippen LogP contribution >= 0.6 is 0 Å². The van der Waals surface area contributed by atoms with Crippen molar-refractivity contribution in [2.24, 2.45) is 11.8 Å². The number of hydrogen-bond acceptors (Lipinski definition) is 7. The van der Waals surface area contributed by atoms with E-state index in [1.54, 1.807) is 18.2 Å². The van der Waals surface area contributed by atoms with E-state index in [2.05, 4.69) is 5.32 Å². The second-order valence-corrected chi connectivity index (χ2v) is 8.00. The summed E-state index contributed by atoms with van der Waals surface area (Å²) in [6.07, 6.45) is 2.14. The fourth-order valence-corrected chi connectivity index (χ4v) is 4.81. The highest BCUT2D eigenvalue weighted by Gasteiger charge is 2.62. The minimum absolute atomic E-state index is 0.0889. The van der Waals surface area contributed by atoms with Crippen molar-refractivity contribution in [1.82, 2.24) is 4.90 Å². The van der Waals surface area contributed by atoms with Crippen LogP contribution in [-0.4, -0.2) is 61.4 Å². The van der Waals surface area contributed by atoms with E-state index in [0.717, 1.165) is 12.8 Å². The molecule has 3 amide bonds. The lowest BCUT2D eigenvalue weighted by Crippen LogP contribution is -2.35. The zero-order chi connectivity index (χ0) is 20.7. The molecule has 4 aliphatic rings. The molecule has 9 heteroatoms. The molecule has 0 aliphatic carbocycles. The van der Waals surface area contributed by atoms with E-state index in [4.69, 9.17) is 18.9 Å². The first-order chi connectivity index (χ1) is 14.6. The molecule has 160 valence electrons. The van der Waals surface area contributed by atoms with Crippen molar-refractivity contribution in [3.05, 3.63) is 18.2 Å². The molecular weight excluding hydrogens is 392 g/mol. The van der Waals surface area contributed by atoms with Gasteiger partial charge in [0.2, 0.25) is 11.8 Å². The molecule has 4 heterocycles. The summed E-state index contributed by atoms with van der Waals surface area (Å²) in [6, 6.07) is 5.14. The second kappa shape index (κ2) is 7.79. The van der Waals surface area contributed by atoms with Crippen LogP contribution in [0.2, 0.25) is 0 Å². The standard InChI is InChI=1S/C21H24N2O7/c24-19-17-14-5-6-15(30-14)18(17)20(25)23(19)7-1-2-8-29-21(26)22-12-3-4-13-16(11-12)28-10-9-27-13/h3-4,11,14-15,17-18H,1-2,5-10H2,(H,22,26). The molecular formula is C21H24N2O7. The third kappa shape index (κ3) is 3.36. The molecule has 0 saturated carbocycles. The highest BCUT2D eigenvalue weighted by molar-refractivity contribution is 6.06. The number of ether oxygens (including phenoxy) is 4. The van der Waals surface area contributed by atoms with E-state index < -0.39 is 6.09 Å². The Kier molecular flexibility index (Phi) is 4.98. The van der Waals surface area contributed by atoms with E-state index in [1.165, 1.54) is 4.90 Å². The Balaban J connectivity index is 1.04. The van der Waals surface area contributed by atoms with Crippen molar-refractivity contribution in [1.29, 1.82) is 0 Å². The van der Waals surface area contributed by atoms with Crippen LogP contribution < -0.4 is 14.8 Å². The van der Waals surface area contributed by atoms with Gasteiger partial charge in [0, 0.05) is 18.3 Å². The first kappa shape index (κ1) is 19.2. The molecule has 4 aliphatic heterocycles. The Morgan fingerprint density at radius 2 is 1.73 bits per heavy atom. The van der Waals surface area contributed by atoms with Crippen molar-refractivity contribution in [2.45, 2.75) is 37.9 Å². The van der Waals surface area contributed by atoms with Gasteiger partial charge < -0.3 is 18.9 Å². The monoisotopic (exact) mass is 416 g/mol. The number of anilines is 1. The van der Waals surface area contributed by atoms with Crippen LogP contribution in [0.4, 0.5) is 10.5 Å². The molecule has 1 N–H and O–H groups in total. The van der Waals surface area contributed by atoms with Gasteiger partial charge in [-0.25, -0.2) is 4.79 Å². The molecule has 9 nitrogen and oxygen atoms in total. The third-order valence-electron chi connectivity index (χ3n) is 6.17. The molecule has 3 fully saturated rings. The highest BCUT2D eigenvalue weighted by Crippen LogP contribution is 2.48. The fraction of sp³-hybridized carbons (Fsp3) is 0.571. The average molecular weight is 416 g/mol. The molecule has 4 atom stereocenters. The number of nitrogens with one attached hydrogen (secondary N) is 1. The summed E-state index contributed by atoms with van der Waals surface area (Å²) in [6.45, 7) is 1.54. The van der Waals surface area contributed by atoms with Crippen LogP contribution in [-0.2, 0) is 19.1 Å². The first-order valence-electron chi connectivity index (χ1n) is 10.5. The lowest BCUT2D eigenvalue weighted by Gasteiger charge is -2.19. The molecule has 30 heavy (non-hydrogen) atoms. The van der Waals surface area contributed by atoms with Crippen molar-refractivity contribution < 1.29 is 33.3 Å². The molecule has 5 rings (SSSR count). The van der Waals surface area contributed by atoms with Crippen molar-refractivity contribution >= 4 is 23.6 Å². The van der Waals surface area contributed by atoms with Gasteiger partial charge in [0.25, 0.3) is 0 Å². The number of fused-ring (bicyclic) bond motifs is 6. The second-order valence-electron chi connectivity index (χ2n) is 8.00. The predicted octanol–water partition coefficient (Wildman–Crippen LogP) is 1.95. The first-order valence-corrected chi connectivity index (χ1v) is 10.5. The zero-order valence-corrected chi connectivity index (χ0v) is 16.5. The number of unbranched alkanes of at least 4 members (excludes halogenated alkanes) is 1. The smallest absolute Gasteiger partial charge is 0.411 e. The molecule has 3 saturated heterocycles. The number of rotatable bonds is 6. The summed E-state index contributed by atoms with van der Waals surface area (Å²) in [5.74, 6) is 0.454. The van der Waals surface area contributed by atoms with Crippen molar-refractivity contribution in [3.63, 3.8) is 0 Å². The summed E-state index contributed by atoms with van der Waals surface area (Å²) in [4.78, 5) is 38.5. The van der Waals surface area contributed by atoms with Crippen LogP contribution in [0.1, 0.15) is 25.7 Å². The van der Waals surface area contributed by atoms with Crippen molar-refractivity contribution in [3.8, 4) is 11.5 Å². The molecule has 0 spiro atoms. The molecule has 0 aromatic heterocycles. The van der Waals surface area contributed by atoms with Gasteiger partial charge in [0.05, 0.1) is 30.7 Å². The number of carbonyl (C=O) groups excluding carboxylic acids is 3. The minimum atomic E-state index is -0.566. The van der Waals surface area contributed by atoms with Gasteiger partial charge in [-0.05, 0) is 37.8 Å². The Labute approximate surface area is 173 Å². The lowest BCUT2D eigenvalue weighted by molar-refractivity contribution is -0.142. The topological polar surface area (TPSA) is 103 Å². The summed E-state index contributed by atoms with van der Waals surface area (Å²) < 4.78 is 21.9. The van der Waals surface area contributed by atoms with Gasteiger partial charge in [0.1, 0.15) is 13.2 Å². The SMILES string of the molecule is O=C(Nc1ccc2c(c1)OCCO2)OCCCCN1C(=O)C2C3CCC(O3)C2C1=O. The maximum Gasteiger partial charge on any atom is 0.411 e. The Morgan fingerprint density at radius 1 is 1.03 bits per heavy atom. The maximum atomic E-state index is 12.6. The lowest BCUT2D eigenvalue weighted by atomic mass is 9.81. The molecule has 1 aromatic rings. The fourth-order valence-electron chi connectivity index (χ4n) is 4.81. The summed E-state index contributed by atoms with van der Waals surface area (Å²) >= 11 is 0. The third-order valence-corrected chi connectivity index (χ3v) is 6.17. The predicted molar refractivity (Wildman–Crippen MR) is 103 cm³/mol. The van der Waals surface area contributed by atoms with Gasteiger partial charge in [0.15, 0.2) is 11.5 Å². The number of amides is 3. The van der Waals surface area contributed by atoms with Crippen LogP contribution in [0.3, 0.4) is 0 Å². The van der Waals surface area contributed by atoms with Crippen LogP contribution in [0.15, 0.2) is 18.2 Å². The van der Waals surface area contributed by atoms with Gasteiger partial charge in [-0.2, -0.15) is 0 Å². The van der Waals surface area contributed by atoms with Gasteiger partial charge in [-0.1, -0.05) is 0 Å². The molecule has 1 aromatic carbocycles. The summed E-state index contributed by atoms with van der Waals surface area (Å²) in [5.41, 5.74) is 0.556. The Bertz CT molecular complexity index is 845. The minimum Gasteiger partial charge on any atom is -0.486 e. The number of hydrogen-bond donors (Lipinski definition) is 1. The number of carbonyl (C=O) groups is 3. The number of nitrogens with zero attached hydrogens (tertiary/aromatic N) is 1. The molecule has 4 unspecified atom stereocenters. The molecule has 2 bridgehead atoms. The number of benzene rings is 1.